The molecule has 2 nitrogen and oxygen atoms in total. The van der Waals surface area contributed by atoms with Crippen LogP contribution in [-0.4, -0.2) is 31.1 Å². The normalized spacial score (nSPS) is 11.1. The van der Waals surface area contributed by atoms with Crippen LogP contribution in [0.25, 0.3) is 0 Å². The topological polar surface area (TPSA) is 15.3 Å². The number of hydrogen-bond acceptors (Lipinski definition) is 2. The summed E-state index contributed by atoms with van der Waals surface area (Å²) in [4.78, 5) is 2.47. The minimum Gasteiger partial charge on any atom is -0.313 e. The quantitative estimate of drug-likeness (QED) is 0.676. The Balaban J connectivity index is 2.21. The van der Waals surface area contributed by atoms with Gasteiger partial charge in [-0.2, -0.15) is 0 Å². The van der Waals surface area contributed by atoms with E-state index in [1.54, 1.807) is 0 Å². The predicted octanol–water partition coefficient (Wildman–Crippen LogP) is 3.07. The van der Waals surface area contributed by atoms with E-state index in [0.29, 0.717) is 0 Å². The summed E-state index contributed by atoms with van der Waals surface area (Å²) in [5.74, 6) is 0. The molecule has 1 aromatic carbocycles. The second kappa shape index (κ2) is 9.12. The molecular formula is C16H28N2. The van der Waals surface area contributed by atoms with Gasteiger partial charge >= 0.3 is 0 Å². The Hall–Kier alpha value is -0.860. The van der Waals surface area contributed by atoms with Gasteiger partial charge in [-0.1, -0.05) is 45.0 Å². The highest BCUT2D eigenvalue weighted by Gasteiger charge is 2.00. The molecule has 0 atom stereocenters. The van der Waals surface area contributed by atoms with Gasteiger partial charge in [0.15, 0.2) is 0 Å². The van der Waals surface area contributed by atoms with Gasteiger partial charge in [-0.15, -0.1) is 0 Å². The van der Waals surface area contributed by atoms with E-state index in [4.69, 9.17) is 0 Å². The van der Waals surface area contributed by atoms with Gasteiger partial charge in [-0.05, 0) is 50.1 Å². The van der Waals surface area contributed by atoms with Crippen LogP contribution in [0.1, 0.15) is 38.3 Å². The average Bonchev–Trinajstić information content (AvgIpc) is 2.43. The number of rotatable bonds is 9. The molecule has 0 aliphatic heterocycles. The maximum Gasteiger partial charge on any atom is 0.0208 e. The lowest BCUT2D eigenvalue weighted by Gasteiger charge is -2.17. The van der Waals surface area contributed by atoms with Crippen LogP contribution >= 0.6 is 0 Å². The molecule has 0 spiro atoms. The molecule has 0 radical (unpaired) electrons. The van der Waals surface area contributed by atoms with E-state index in [1.807, 2.05) is 0 Å². The number of nitrogens with zero attached hydrogens (tertiary/aromatic N) is 1. The van der Waals surface area contributed by atoms with Crippen LogP contribution in [0, 0.1) is 0 Å². The van der Waals surface area contributed by atoms with Crippen molar-refractivity contribution in [3.05, 3.63) is 35.4 Å². The Bertz CT molecular complexity index is 319. The lowest BCUT2D eigenvalue weighted by atomic mass is 10.1. The van der Waals surface area contributed by atoms with E-state index in [2.05, 4.69) is 55.3 Å². The highest BCUT2D eigenvalue weighted by Crippen LogP contribution is 2.08. The molecule has 1 rings (SSSR count). The summed E-state index contributed by atoms with van der Waals surface area (Å²) >= 11 is 0. The Kier molecular flexibility index (Phi) is 7.70. The molecule has 0 fully saturated rings. The Morgan fingerprint density at radius 2 is 1.67 bits per heavy atom. The molecule has 0 aromatic heterocycles. The monoisotopic (exact) mass is 248 g/mol. The van der Waals surface area contributed by atoms with Crippen LogP contribution in [-0.2, 0) is 13.0 Å². The van der Waals surface area contributed by atoms with E-state index < -0.39 is 0 Å². The molecule has 0 aliphatic carbocycles. The number of benzene rings is 1. The fourth-order valence-electron chi connectivity index (χ4n) is 2.27. The Morgan fingerprint density at radius 3 is 2.28 bits per heavy atom. The SMILES string of the molecule is CCc1ccccc1CNCCCN(CC)CC. The lowest BCUT2D eigenvalue weighted by molar-refractivity contribution is 0.298. The van der Waals surface area contributed by atoms with Crippen molar-refractivity contribution in [1.29, 1.82) is 0 Å². The van der Waals surface area contributed by atoms with Crippen molar-refractivity contribution in [3.8, 4) is 0 Å². The zero-order chi connectivity index (χ0) is 13.2. The zero-order valence-electron chi connectivity index (χ0n) is 12.2. The van der Waals surface area contributed by atoms with E-state index in [-0.39, 0.29) is 0 Å². The molecule has 0 saturated heterocycles. The molecule has 0 heterocycles. The van der Waals surface area contributed by atoms with Gasteiger partial charge in [0.1, 0.15) is 0 Å². The molecule has 2 heteroatoms. The summed E-state index contributed by atoms with van der Waals surface area (Å²) in [6.45, 7) is 12.3. The maximum absolute atomic E-state index is 3.55. The molecule has 0 saturated carbocycles. The lowest BCUT2D eigenvalue weighted by Crippen LogP contribution is -2.27. The van der Waals surface area contributed by atoms with Gasteiger partial charge in [-0.3, -0.25) is 0 Å². The highest BCUT2D eigenvalue weighted by molar-refractivity contribution is 5.26. The van der Waals surface area contributed by atoms with E-state index in [9.17, 15) is 0 Å². The van der Waals surface area contributed by atoms with Crippen molar-refractivity contribution in [3.63, 3.8) is 0 Å². The molecule has 102 valence electrons. The van der Waals surface area contributed by atoms with Crippen LogP contribution in [0.2, 0.25) is 0 Å². The molecule has 18 heavy (non-hydrogen) atoms. The van der Waals surface area contributed by atoms with Gasteiger partial charge < -0.3 is 10.2 Å². The smallest absolute Gasteiger partial charge is 0.0208 e. The first kappa shape index (κ1) is 15.2. The van der Waals surface area contributed by atoms with Crippen LogP contribution in [0.15, 0.2) is 24.3 Å². The summed E-state index contributed by atoms with van der Waals surface area (Å²) in [6, 6.07) is 8.72. The first-order valence-electron chi connectivity index (χ1n) is 7.31. The van der Waals surface area contributed by atoms with Crippen LogP contribution < -0.4 is 5.32 Å². The highest BCUT2D eigenvalue weighted by atomic mass is 15.1. The third-order valence-corrected chi connectivity index (χ3v) is 3.54. The zero-order valence-corrected chi connectivity index (χ0v) is 12.2. The standard InChI is InChI=1S/C16H28N2/c1-4-15-10-7-8-11-16(15)14-17-12-9-13-18(5-2)6-3/h7-8,10-11,17H,4-6,9,12-14H2,1-3H3. The van der Waals surface area contributed by atoms with Crippen molar-refractivity contribution in [2.75, 3.05) is 26.2 Å². The number of hydrogen-bond donors (Lipinski definition) is 1. The van der Waals surface area contributed by atoms with Crippen LogP contribution in [0.5, 0.6) is 0 Å². The van der Waals surface area contributed by atoms with E-state index in [1.165, 1.54) is 24.1 Å². The van der Waals surface area contributed by atoms with Crippen molar-refractivity contribution < 1.29 is 0 Å². The largest absolute Gasteiger partial charge is 0.313 e. The van der Waals surface area contributed by atoms with E-state index in [0.717, 1.165) is 32.6 Å². The number of aryl methyl sites for hydroxylation is 1. The minimum absolute atomic E-state index is 1.00. The second-order valence-electron chi connectivity index (χ2n) is 4.68. The third-order valence-electron chi connectivity index (χ3n) is 3.54. The van der Waals surface area contributed by atoms with Gasteiger partial charge in [0.05, 0.1) is 0 Å². The third kappa shape index (κ3) is 5.19. The maximum atomic E-state index is 3.55. The number of nitrogens with one attached hydrogen (secondary N) is 1. The molecule has 0 aliphatic rings. The van der Waals surface area contributed by atoms with Crippen LogP contribution in [0.3, 0.4) is 0 Å². The molecule has 0 bridgehead atoms. The van der Waals surface area contributed by atoms with Gasteiger partial charge in [0.2, 0.25) is 0 Å². The van der Waals surface area contributed by atoms with Crippen molar-refractivity contribution in [2.45, 2.75) is 40.2 Å². The Labute approximate surface area is 112 Å². The molecule has 1 aromatic rings. The second-order valence-corrected chi connectivity index (χ2v) is 4.68. The molecule has 0 unspecified atom stereocenters. The fourth-order valence-corrected chi connectivity index (χ4v) is 2.27. The molecule has 1 N–H and O–H groups in total. The summed E-state index contributed by atoms with van der Waals surface area (Å²) in [6.07, 6.45) is 2.35. The molecular weight excluding hydrogens is 220 g/mol. The molecule has 0 amide bonds. The predicted molar refractivity (Wildman–Crippen MR) is 79.9 cm³/mol. The van der Waals surface area contributed by atoms with Crippen LogP contribution in [0.4, 0.5) is 0 Å². The summed E-state index contributed by atoms with van der Waals surface area (Å²) in [5.41, 5.74) is 2.91. The fraction of sp³-hybridized carbons (Fsp3) is 0.625. The first-order chi connectivity index (χ1) is 8.81. The Morgan fingerprint density at radius 1 is 1.00 bits per heavy atom. The summed E-state index contributed by atoms with van der Waals surface area (Å²) in [7, 11) is 0. The van der Waals surface area contributed by atoms with Crippen molar-refractivity contribution >= 4 is 0 Å². The van der Waals surface area contributed by atoms with Gasteiger partial charge in [0.25, 0.3) is 0 Å². The summed E-state index contributed by atoms with van der Waals surface area (Å²) in [5, 5.41) is 3.55. The summed E-state index contributed by atoms with van der Waals surface area (Å²) < 4.78 is 0. The van der Waals surface area contributed by atoms with Crippen molar-refractivity contribution in [1.82, 2.24) is 10.2 Å². The average molecular weight is 248 g/mol. The van der Waals surface area contributed by atoms with Gasteiger partial charge in [0, 0.05) is 6.54 Å². The minimum atomic E-state index is 1.00. The first-order valence-corrected chi connectivity index (χ1v) is 7.31. The van der Waals surface area contributed by atoms with Gasteiger partial charge in [-0.25, -0.2) is 0 Å². The van der Waals surface area contributed by atoms with Crippen molar-refractivity contribution in [2.24, 2.45) is 0 Å². The van der Waals surface area contributed by atoms with E-state index >= 15 is 0 Å².